The summed E-state index contributed by atoms with van der Waals surface area (Å²) in [6, 6.07) is 5.80. The second-order valence-corrected chi connectivity index (χ2v) is 12.5. The maximum atomic E-state index is 17.0. The topological polar surface area (TPSA) is 83.8 Å². The quantitative estimate of drug-likeness (QED) is 0.277. The Hall–Kier alpha value is -4.14. The van der Waals surface area contributed by atoms with Crippen molar-refractivity contribution in [3.05, 3.63) is 47.2 Å². The largest absolute Gasteiger partial charge is 0.508 e. The minimum absolute atomic E-state index is 0.0143. The molecule has 0 spiro atoms. The maximum absolute atomic E-state index is 17.0. The Labute approximate surface area is 265 Å². The van der Waals surface area contributed by atoms with Gasteiger partial charge in [0.25, 0.3) is 0 Å². The van der Waals surface area contributed by atoms with Crippen LogP contribution in [0.15, 0.2) is 24.3 Å². The lowest BCUT2D eigenvalue weighted by atomic mass is 9.95. The normalized spacial score (nSPS) is 20.3. The number of fused-ring (bicyclic) bond motifs is 4. The van der Waals surface area contributed by atoms with Crippen molar-refractivity contribution < 1.29 is 27.8 Å². The summed E-state index contributed by atoms with van der Waals surface area (Å²) in [5.41, 5.74) is 0.847. The number of anilines is 1. The van der Waals surface area contributed by atoms with Crippen LogP contribution in [0.4, 0.5) is 19.0 Å². The van der Waals surface area contributed by atoms with Crippen molar-refractivity contribution in [2.24, 2.45) is 0 Å². The molecule has 2 aromatic carbocycles. The van der Waals surface area contributed by atoms with Crippen LogP contribution in [-0.4, -0.2) is 83.2 Å². The second-order valence-electron chi connectivity index (χ2n) is 12.5. The van der Waals surface area contributed by atoms with Crippen molar-refractivity contribution in [1.29, 1.82) is 0 Å². The van der Waals surface area contributed by atoms with Crippen LogP contribution >= 0.6 is 0 Å². The molecule has 1 N–H and O–H groups in total. The van der Waals surface area contributed by atoms with Crippen LogP contribution in [0, 0.1) is 24.0 Å². The smallest absolute Gasteiger partial charge is 0.319 e. The molecule has 0 amide bonds. The van der Waals surface area contributed by atoms with E-state index in [0.29, 0.717) is 67.6 Å². The number of terminal acetylenes is 1. The van der Waals surface area contributed by atoms with E-state index in [0.717, 1.165) is 51.6 Å². The Balaban J connectivity index is 0.00000166. The van der Waals surface area contributed by atoms with Crippen LogP contribution in [0.25, 0.3) is 32.9 Å². The predicted molar refractivity (Wildman–Crippen MR) is 170 cm³/mol. The van der Waals surface area contributed by atoms with Crippen LogP contribution in [0.3, 0.4) is 0 Å². The van der Waals surface area contributed by atoms with Gasteiger partial charge in [0, 0.05) is 24.1 Å². The fraction of sp³-hybridized carbons (Fsp3) is 0.457. The third-order valence-electron chi connectivity index (χ3n) is 9.98. The highest BCUT2D eigenvalue weighted by molar-refractivity contribution is 6.03. The molecule has 4 aliphatic rings. The summed E-state index contributed by atoms with van der Waals surface area (Å²) in [6.07, 6.45) is 12.2. The van der Waals surface area contributed by atoms with E-state index in [4.69, 9.17) is 30.8 Å². The number of pyridine rings is 1. The Morgan fingerprint density at radius 2 is 1.87 bits per heavy atom. The van der Waals surface area contributed by atoms with Gasteiger partial charge in [-0.25, -0.2) is 13.8 Å². The molecule has 0 bridgehead atoms. The van der Waals surface area contributed by atoms with Crippen LogP contribution in [0.5, 0.6) is 11.8 Å². The Bertz CT molecular complexity index is 1850. The monoisotopic (exact) mass is 631 g/mol. The molecule has 1 unspecified atom stereocenters. The minimum Gasteiger partial charge on any atom is -0.508 e. The van der Waals surface area contributed by atoms with Crippen molar-refractivity contribution >= 4 is 27.5 Å². The summed E-state index contributed by atoms with van der Waals surface area (Å²) in [4.78, 5) is 19.2. The van der Waals surface area contributed by atoms with Gasteiger partial charge in [0.2, 0.25) is 0 Å². The number of alkyl halides is 1. The number of hydrogen-bond acceptors (Lipinski definition) is 8. The SMILES string of the molecule is C#Cc1c(F)ccc2cc(O)cc(-c3nc4c5c(nc(OCC67CCCN6CCC7)nc5c3F)N3CCCOCC3CC4)c12.CF. The Kier molecular flexibility index (Phi) is 8.11. The number of phenolic OH excluding ortho intramolecular Hbond substituents is 1. The van der Waals surface area contributed by atoms with E-state index in [2.05, 4.69) is 15.7 Å². The number of nitrogens with zero attached hydrogens (tertiary/aromatic N) is 5. The molecule has 0 aliphatic carbocycles. The first kappa shape index (κ1) is 30.5. The van der Waals surface area contributed by atoms with Gasteiger partial charge in [0.15, 0.2) is 5.82 Å². The second kappa shape index (κ2) is 12.2. The fourth-order valence-corrected chi connectivity index (χ4v) is 7.90. The van der Waals surface area contributed by atoms with Crippen molar-refractivity contribution in [3.63, 3.8) is 0 Å². The van der Waals surface area contributed by atoms with E-state index in [1.165, 1.54) is 24.3 Å². The molecular weight excluding hydrogens is 595 g/mol. The van der Waals surface area contributed by atoms with Gasteiger partial charge in [-0.1, -0.05) is 12.0 Å². The van der Waals surface area contributed by atoms with Crippen molar-refractivity contribution in [1.82, 2.24) is 19.9 Å². The lowest BCUT2D eigenvalue weighted by molar-refractivity contribution is 0.108. The number of halogens is 3. The van der Waals surface area contributed by atoms with E-state index in [9.17, 15) is 13.9 Å². The molecule has 0 saturated carbocycles. The molecule has 4 aromatic rings. The molecule has 8 nitrogen and oxygen atoms in total. The van der Waals surface area contributed by atoms with Gasteiger partial charge in [0.1, 0.15) is 35.2 Å². The summed E-state index contributed by atoms with van der Waals surface area (Å²) in [5.74, 6) is 1.62. The number of hydrogen-bond donors (Lipinski definition) is 1. The van der Waals surface area contributed by atoms with Gasteiger partial charge in [-0.2, -0.15) is 9.97 Å². The van der Waals surface area contributed by atoms with E-state index < -0.39 is 11.6 Å². The molecule has 1 atom stereocenters. The Morgan fingerprint density at radius 1 is 1.07 bits per heavy atom. The first-order valence-electron chi connectivity index (χ1n) is 15.9. The highest BCUT2D eigenvalue weighted by atomic mass is 19.1. The molecule has 8 rings (SSSR count). The number of benzene rings is 2. The van der Waals surface area contributed by atoms with E-state index in [1.807, 2.05) is 0 Å². The first-order chi connectivity index (χ1) is 22.5. The average Bonchev–Trinajstić information content (AvgIpc) is 3.51. The summed E-state index contributed by atoms with van der Waals surface area (Å²) in [6.45, 7) is 4.46. The molecule has 3 saturated heterocycles. The zero-order chi connectivity index (χ0) is 32.0. The Morgan fingerprint density at radius 3 is 2.65 bits per heavy atom. The number of ether oxygens (including phenoxy) is 2. The van der Waals surface area contributed by atoms with Gasteiger partial charge in [-0.15, -0.1) is 6.42 Å². The molecule has 11 heteroatoms. The maximum Gasteiger partial charge on any atom is 0.319 e. The summed E-state index contributed by atoms with van der Waals surface area (Å²) < 4.78 is 53.7. The number of phenols is 1. The zero-order valence-electron chi connectivity index (χ0n) is 25.8. The van der Waals surface area contributed by atoms with Gasteiger partial charge in [0.05, 0.1) is 42.0 Å². The van der Waals surface area contributed by atoms with Crippen LogP contribution < -0.4 is 9.64 Å². The third kappa shape index (κ3) is 4.99. The molecule has 240 valence electrons. The molecule has 3 fully saturated rings. The number of rotatable bonds is 4. The molecular formula is C35H36F3N5O3. The molecule has 6 heterocycles. The lowest BCUT2D eigenvalue weighted by Crippen LogP contribution is -2.43. The fourth-order valence-electron chi connectivity index (χ4n) is 7.90. The third-order valence-corrected chi connectivity index (χ3v) is 9.98. The molecule has 2 aromatic heterocycles. The van der Waals surface area contributed by atoms with E-state index in [-0.39, 0.29) is 45.7 Å². The number of aromatic nitrogens is 3. The standard InChI is InChI=1S/C34H33F2N5O3.CH3F/c1-2-23-25(35)8-6-20-16-22(42)17-24(27(20)23)30-29(36)31-28-26(37-30)9-7-21-18-43-15-5-14-41(21)32(28)39-33(38-31)44-19-34-10-3-12-40(34)13-4-11-34;1-2/h1,6,8,16-17,21,42H,3-5,7,9-15,18-19H2;1H3. The summed E-state index contributed by atoms with van der Waals surface area (Å²) in [7, 11) is 0.500. The van der Waals surface area contributed by atoms with Crippen LogP contribution in [-0.2, 0) is 11.2 Å². The molecule has 4 aliphatic heterocycles. The van der Waals surface area contributed by atoms with Gasteiger partial charge >= 0.3 is 6.01 Å². The predicted octanol–water partition coefficient (Wildman–Crippen LogP) is 5.94. The minimum atomic E-state index is -0.692. The number of aryl methyl sites for hydroxylation is 1. The van der Waals surface area contributed by atoms with Crippen molar-refractivity contribution in [2.45, 2.75) is 56.5 Å². The average molecular weight is 632 g/mol. The highest BCUT2D eigenvalue weighted by Gasteiger charge is 2.45. The lowest BCUT2D eigenvalue weighted by Gasteiger charge is -2.32. The van der Waals surface area contributed by atoms with Gasteiger partial charge < -0.3 is 19.5 Å². The van der Waals surface area contributed by atoms with Crippen LogP contribution in [0.1, 0.15) is 49.8 Å². The summed E-state index contributed by atoms with van der Waals surface area (Å²) >= 11 is 0. The van der Waals surface area contributed by atoms with E-state index >= 15 is 4.39 Å². The van der Waals surface area contributed by atoms with Gasteiger partial charge in [-0.3, -0.25) is 9.29 Å². The van der Waals surface area contributed by atoms with Gasteiger partial charge in [-0.05, 0) is 81.6 Å². The number of aromatic hydroxyl groups is 1. The van der Waals surface area contributed by atoms with Crippen molar-refractivity contribution in [3.8, 4) is 35.4 Å². The highest BCUT2D eigenvalue weighted by Crippen LogP contribution is 2.43. The summed E-state index contributed by atoms with van der Waals surface area (Å²) in [5, 5.41) is 12.0. The van der Waals surface area contributed by atoms with Crippen LogP contribution in [0.2, 0.25) is 0 Å². The van der Waals surface area contributed by atoms with E-state index in [1.54, 1.807) is 0 Å². The molecule has 46 heavy (non-hydrogen) atoms. The van der Waals surface area contributed by atoms with Crippen molar-refractivity contribution in [2.75, 3.05) is 51.5 Å². The molecule has 0 radical (unpaired) electrons. The first-order valence-corrected chi connectivity index (χ1v) is 15.9. The zero-order valence-corrected chi connectivity index (χ0v) is 25.8.